The van der Waals surface area contributed by atoms with Crippen molar-refractivity contribution in [3.63, 3.8) is 0 Å². The summed E-state index contributed by atoms with van der Waals surface area (Å²) in [5.41, 5.74) is 7.75. The highest BCUT2D eigenvalue weighted by Gasteiger charge is 2.19. The molecule has 0 saturated carbocycles. The number of carbonyl (C=O) groups excluding carboxylic acids is 1. The molecule has 2 aromatic carbocycles. The van der Waals surface area contributed by atoms with Gasteiger partial charge in [-0.15, -0.1) is 0 Å². The number of benzene rings is 2. The molecule has 0 fully saturated rings. The number of halogens is 1. The van der Waals surface area contributed by atoms with Crippen LogP contribution in [0, 0.1) is 11.3 Å². The first-order chi connectivity index (χ1) is 9.56. The third-order valence-corrected chi connectivity index (χ3v) is 3.83. The smallest absolute Gasteiger partial charge is 0.259 e. The van der Waals surface area contributed by atoms with Crippen molar-refractivity contribution in [2.75, 3.05) is 17.7 Å². The molecule has 1 amide bonds. The predicted octanol–water partition coefficient (Wildman–Crippen LogP) is 3.18. The second kappa shape index (κ2) is 5.76. The Hall–Kier alpha value is -2.32. The van der Waals surface area contributed by atoms with Gasteiger partial charge in [0.1, 0.15) is 6.07 Å². The minimum Gasteiger partial charge on any atom is -0.398 e. The minimum atomic E-state index is -0.230. The summed E-state index contributed by atoms with van der Waals surface area (Å²) in [7, 11) is 1.63. The number of nitrogens with zero attached hydrogens (tertiary/aromatic N) is 2. The van der Waals surface area contributed by atoms with Gasteiger partial charge < -0.3 is 10.6 Å². The van der Waals surface area contributed by atoms with Crippen LogP contribution in [0.4, 0.5) is 11.4 Å². The van der Waals surface area contributed by atoms with Crippen LogP contribution in [0.15, 0.2) is 46.9 Å². The Labute approximate surface area is 125 Å². The summed E-state index contributed by atoms with van der Waals surface area (Å²) in [6.45, 7) is 0. The second-order valence-electron chi connectivity index (χ2n) is 4.20. The van der Waals surface area contributed by atoms with Gasteiger partial charge in [0.05, 0.1) is 21.3 Å². The fourth-order valence-corrected chi connectivity index (χ4v) is 2.30. The molecule has 0 atom stereocenters. The summed E-state index contributed by atoms with van der Waals surface area (Å²) in [6, 6.07) is 14.2. The monoisotopic (exact) mass is 329 g/mol. The SMILES string of the molecule is CN(C(=O)c1cccc(N)c1Br)c1ccccc1C#N. The van der Waals surface area contributed by atoms with E-state index in [1.807, 2.05) is 0 Å². The Morgan fingerprint density at radius 3 is 2.65 bits per heavy atom. The fourth-order valence-electron chi connectivity index (χ4n) is 1.87. The van der Waals surface area contributed by atoms with Gasteiger partial charge in [0.25, 0.3) is 5.91 Å². The van der Waals surface area contributed by atoms with E-state index in [9.17, 15) is 4.79 Å². The van der Waals surface area contributed by atoms with Crippen molar-refractivity contribution >= 4 is 33.2 Å². The normalized spacial score (nSPS) is 9.85. The molecule has 2 rings (SSSR count). The number of nitriles is 1. The first-order valence-corrected chi connectivity index (χ1v) is 6.66. The molecule has 0 aliphatic carbocycles. The van der Waals surface area contributed by atoms with E-state index in [4.69, 9.17) is 11.0 Å². The molecular weight excluding hydrogens is 318 g/mol. The lowest BCUT2D eigenvalue weighted by Gasteiger charge is -2.19. The van der Waals surface area contributed by atoms with E-state index in [2.05, 4.69) is 22.0 Å². The molecule has 100 valence electrons. The molecule has 0 heterocycles. The summed E-state index contributed by atoms with van der Waals surface area (Å²) >= 11 is 3.32. The van der Waals surface area contributed by atoms with Gasteiger partial charge in [-0.1, -0.05) is 18.2 Å². The number of para-hydroxylation sites is 1. The average Bonchev–Trinajstić information content (AvgIpc) is 2.48. The molecule has 0 aliphatic heterocycles. The van der Waals surface area contributed by atoms with Crippen LogP contribution >= 0.6 is 15.9 Å². The zero-order valence-electron chi connectivity index (χ0n) is 10.8. The van der Waals surface area contributed by atoms with Gasteiger partial charge in [-0.25, -0.2) is 0 Å². The van der Waals surface area contributed by atoms with Crippen LogP contribution in [0.25, 0.3) is 0 Å². The summed E-state index contributed by atoms with van der Waals surface area (Å²) in [4.78, 5) is 14.0. The molecule has 0 aliphatic rings. The lowest BCUT2D eigenvalue weighted by atomic mass is 10.1. The molecule has 2 N–H and O–H groups in total. The molecular formula is C15H12BrN3O. The highest BCUT2D eigenvalue weighted by Crippen LogP contribution is 2.27. The van der Waals surface area contributed by atoms with Gasteiger partial charge in [0, 0.05) is 12.7 Å². The van der Waals surface area contributed by atoms with Crippen molar-refractivity contribution in [1.29, 1.82) is 5.26 Å². The van der Waals surface area contributed by atoms with Gasteiger partial charge in [-0.3, -0.25) is 4.79 Å². The van der Waals surface area contributed by atoms with Crippen molar-refractivity contribution in [1.82, 2.24) is 0 Å². The molecule has 0 aromatic heterocycles. The third-order valence-electron chi connectivity index (χ3n) is 2.95. The molecule has 4 nitrogen and oxygen atoms in total. The lowest BCUT2D eigenvalue weighted by molar-refractivity contribution is 0.0992. The molecule has 5 heteroatoms. The van der Waals surface area contributed by atoms with Crippen LogP contribution in [0.1, 0.15) is 15.9 Å². The van der Waals surface area contributed by atoms with Gasteiger partial charge in [0.2, 0.25) is 0 Å². The first kappa shape index (κ1) is 14.1. The standard InChI is InChI=1S/C15H12BrN3O/c1-19(13-8-3-2-5-10(13)9-17)15(20)11-6-4-7-12(18)14(11)16/h2-8H,18H2,1H3. The fraction of sp³-hybridized carbons (Fsp3) is 0.0667. The highest BCUT2D eigenvalue weighted by atomic mass is 79.9. The number of rotatable bonds is 2. The number of nitrogen functional groups attached to an aromatic ring is 1. The summed E-state index contributed by atoms with van der Waals surface area (Å²) in [5.74, 6) is -0.230. The number of hydrogen-bond acceptors (Lipinski definition) is 3. The molecule has 0 saturated heterocycles. The Morgan fingerprint density at radius 2 is 1.95 bits per heavy atom. The zero-order valence-corrected chi connectivity index (χ0v) is 12.4. The second-order valence-corrected chi connectivity index (χ2v) is 4.99. The Kier molecular flexibility index (Phi) is 4.06. The Bertz CT molecular complexity index is 707. The van der Waals surface area contributed by atoms with Crippen molar-refractivity contribution in [2.24, 2.45) is 0 Å². The largest absolute Gasteiger partial charge is 0.398 e. The third kappa shape index (κ3) is 2.51. The molecule has 0 bridgehead atoms. The number of hydrogen-bond donors (Lipinski definition) is 1. The van der Waals surface area contributed by atoms with Gasteiger partial charge in [-0.05, 0) is 40.2 Å². The molecule has 0 unspecified atom stereocenters. The van der Waals surface area contributed by atoms with Gasteiger partial charge >= 0.3 is 0 Å². The van der Waals surface area contributed by atoms with Crippen molar-refractivity contribution < 1.29 is 4.79 Å². The van der Waals surface area contributed by atoms with Crippen LogP contribution in [0.2, 0.25) is 0 Å². The van der Waals surface area contributed by atoms with E-state index in [0.717, 1.165) is 0 Å². The van der Waals surface area contributed by atoms with Crippen molar-refractivity contribution in [2.45, 2.75) is 0 Å². The maximum absolute atomic E-state index is 12.5. The molecule has 2 aromatic rings. The van der Waals surface area contributed by atoms with Crippen LogP contribution in [0.5, 0.6) is 0 Å². The van der Waals surface area contributed by atoms with Crippen LogP contribution in [0.3, 0.4) is 0 Å². The zero-order chi connectivity index (χ0) is 14.7. The van der Waals surface area contributed by atoms with E-state index in [1.165, 1.54) is 4.90 Å². The number of amides is 1. The predicted molar refractivity (Wildman–Crippen MR) is 82.4 cm³/mol. The molecule has 20 heavy (non-hydrogen) atoms. The van der Waals surface area contributed by atoms with E-state index >= 15 is 0 Å². The summed E-state index contributed by atoms with van der Waals surface area (Å²) in [6.07, 6.45) is 0. The number of carbonyl (C=O) groups is 1. The van der Waals surface area contributed by atoms with Crippen LogP contribution < -0.4 is 10.6 Å². The summed E-state index contributed by atoms with van der Waals surface area (Å²) < 4.78 is 0.561. The Morgan fingerprint density at radius 1 is 1.25 bits per heavy atom. The van der Waals surface area contributed by atoms with E-state index in [0.29, 0.717) is 27.0 Å². The molecule has 0 spiro atoms. The van der Waals surface area contributed by atoms with Crippen LogP contribution in [-0.4, -0.2) is 13.0 Å². The minimum absolute atomic E-state index is 0.230. The highest BCUT2D eigenvalue weighted by molar-refractivity contribution is 9.10. The van der Waals surface area contributed by atoms with E-state index in [1.54, 1.807) is 49.5 Å². The summed E-state index contributed by atoms with van der Waals surface area (Å²) in [5, 5.41) is 9.10. The van der Waals surface area contributed by atoms with E-state index in [-0.39, 0.29) is 5.91 Å². The van der Waals surface area contributed by atoms with Crippen LogP contribution in [-0.2, 0) is 0 Å². The van der Waals surface area contributed by atoms with Gasteiger partial charge in [0.15, 0.2) is 0 Å². The maximum atomic E-state index is 12.5. The number of nitrogens with two attached hydrogens (primary N) is 1. The van der Waals surface area contributed by atoms with Gasteiger partial charge in [-0.2, -0.15) is 5.26 Å². The van der Waals surface area contributed by atoms with E-state index < -0.39 is 0 Å². The molecule has 0 radical (unpaired) electrons. The first-order valence-electron chi connectivity index (χ1n) is 5.87. The Balaban J connectivity index is 2.44. The maximum Gasteiger partial charge on any atom is 0.259 e. The van der Waals surface area contributed by atoms with Crippen molar-refractivity contribution in [3.8, 4) is 6.07 Å². The average molecular weight is 330 g/mol. The topological polar surface area (TPSA) is 70.1 Å². The van der Waals surface area contributed by atoms with Crippen molar-refractivity contribution in [3.05, 3.63) is 58.1 Å². The lowest BCUT2D eigenvalue weighted by Crippen LogP contribution is -2.27. The number of anilines is 2. The quantitative estimate of drug-likeness (QED) is 0.860.